The predicted molar refractivity (Wildman–Crippen MR) is 63.4 cm³/mol. The first-order valence-electron chi connectivity index (χ1n) is 5.61. The summed E-state index contributed by atoms with van der Waals surface area (Å²) in [6, 6.07) is 3.27. The van der Waals surface area contributed by atoms with Crippen molar-refractivity contribution in [3.8, 4) is 5.75 Å². The molecule has 0 amide bonds. The maximum atomic E-state index is 14.0. The molecule has 1 aliphatic rings. The number of piperidine rings is 1. The topological polar surface area (TPSA) is 38.5 Å². The first kappa shape index (κ1) is 11.0. The molecular formula is C12H17FN2O. The summed E-state index contributed by atoms with van der Waals surface area (Å²) in [7, 11) is 1.55. The van der Waals surface area contributed by atoms with Crippen molar-refractivity contribution < 1.29 is 9.13 Å². The number of hydrogen-bond donors (Lipinski definition) is 1. The van der Waals surface area contributed by atoms with Crippen molar-refractivity contribution in [3.05, 3.63) is 17.9 Å². The van der Waals surface area contributed by atoms with Crippen LogP contribution < -0.4 is 15.4 Å². The summed E-state index contributed by atoms with van der Waals surface area (Å²) in [4.78, 5) is 2.02. The van der Waals surface area contributed by atoms with Crippen LogP contribution in [0.15, 0.2) is 12.1 Å². The molecule has 4 heteroatoms. The first-order chi connectivity index (χ1) is 7.74. The average Bonchev–Trinajstić information content (AvgIpc) is 2.33. The Morgan fingerprint density at radius 2 is 1.94 bits per heavy atom. The van der Waals surface area contributed by atoms with E-state index in [1.54, 1.807) is 19.2 Å². The highest BCUT2D eigenvalue weighted by Gasteiger charge is 2.20. The molecule has 0 aromatic heterocycles. The minimum absolute atomic E-state index is 0.182. The first-order valence-corrected chi connectivity index (χ1v) is 5.61. The summed E-state index contributed by atoms with van der Waals surface area (Å²) < 4.78 is 19.2. The van der Waals surface area contributed by atoms with Crippen LogP contribution >= 0.6 is 0 Å². The van der Waals surface area contributed by atoms with Gasteiger partial charge in [0.25, 0.3) is 0 Å². The molecule has 1 fully saturated rings. The van der Waals surface area contributed by atoms with Crippen molar-refractivity contribution >= 4 is 11.4 Å². The van der Waals surface area contributed by atoms with E-state index in [1.807, 2.05) is 4.90 Å². The van der Waals surface area contributed by atoms with Gasteiger partial charge in [-0.15, -0.1) is 0 Å². The molecule has 0 saturated carbocycles. The second-order valence-electron chi connectivity index (χ2n) is 4.07. The second-order valence-corrected chi connectivity index (χ2v) is 4.07. The number of benzene rings is 1. The number of ether oxygens (including phenoxy) is 1. The standard InChI is InChI=1S/C12H17FN2O/c1-16-10-6-5-9(14)11(13)12(10)15-7-3-2-4-8-15/h5-6H,2-4,7-8,14H2,1H3. The van der Waals surface area contributed by atoms with Gasteiger partial charge in [0.1, 0.15) is 11.4 Å². The molecule has 1 aromatic rings. The number of nitrogen functional groups attached to an aromatic ring is 1. The van der Waals surface area contributed by atoms with Gasteiger partial charge in [0.2, 0.25) is 0 Å². The number of nitrogens with two attached hydrogens (primary N) is 1. The molecule has 0 bridgehead atoms. The molecule has 1 saturated heterocycles. The van der Waals surface area contributed by atoms with Crippen LogP contribution in [0.5, 0.6) is 5.75 Å². The normalized spacial score (nSPS) is 16.2. The van der Waals surface area contributed by atoms with E-state index < -0.39 is 0 Å². The van der Waals surface area contributed by atoms with Crippen LogP contribution in [-0.4, -0.2) is 20.2 Å². The number of hydrogen-bond acceptors (Lipinski definition) is 3. The van der Waals surface area contributed by atoms with Crippen molar-refractivity contribution in [2.45, 2.75) is 19.3 Å². The number of methoxy groups -OCH3 is 1. The number of rotatable bonds is 2. The minimum Gasteiger partial charge on any atom is -0.494 e. The van der Waals surface area contributed by atoms with Gasteiger partial charge in [0.15, 0.2) is 5.82 Å². The summed E-state index contributed by atoms with van der Waals surface area (Å²) in [5.41, 5.74) is 6.29. The summed E-state index contributed by atoms with van der Waals surface area (Å²) in [5, 5.41) is 0. The van der Waals surface area contributed by atoms with Gasteiger partial charge in [0.05, 0.1) is 12.8 Å². The van der Waals surface area contributed by atoms with Crippen molar-refractivity contribution in [1.82, 2.24) is 0 Å². The van der Waals surface area contributed by atoms with Gasteiger partial charge in [-0.05, 0) is 31.4 Å². The van der Waals surface area contributed by atoms with E-state index in [9.17, 15) is 4.39 Å². The van der Waals surface area contributed by atoms with E-state index in [0.717, 1.165) is 25.9 Å². The minimum atomic E-state index is -0.360. The van der Waals surface area contributed by atoms with Crippen LogP contribution in [0, 0.1) is 5.82 Å². The molecule has 2 rings (SSSR count). The van der Waals surface area contributed by atoms with Gasteiger partial charge >= 0.3 is 0 Å². The Labute approximate surface area is 95.0 Å². The van der Waals surface area contributed by atoms with Crippen molar-refractivity contribution in [1.29, 1.82) is 0 Å². The highest BCUT2D eigenvalue weighted by Crippen LogP contribution is 2.35. The Balaban J connectivity index is 2.39. The van der Waals surface area contributed by atoms with Gasteiger partial charge in [-0.3, -0.25) is 0 Å². The number of nitrogens with zero attached hydrogens (tertiary/aromatic N) is 1. The van der Waals surface area contributed by atoms with Crippen molar-refractivity contribution in [2.24, 2.45) is 0 Å². The van der Waals surface area contributed by atoms with Gasteiger partial charge in [-0.25, -0.2) is 4.39 Å². The molecule has 1 heterocycles. The smallest absolute Gasteiger partial charge is 0.173 e. The van der Waals surface area contributed by atoms with Crippen LogP contribution in [0.1, 0.15) is 19.3 Å². The van der Waals surface area contributed by atoms with Crippen molar-refractivity contribution in [3.63, 3.8) is 0 Å². The molecule has 2 N–H and O–H groups in total. The molecule has 16 heavy (non-hydrogen) atoms. The van der Waals surface area contributed by atoms with Crippen LogP contribution in [0.4, 0.5) is 15.8 Å². The van der Waals surface area contributed by atoms with Gasteiger partial charge in [-0.2, -0.15) is 0 Å². The largest absolute Gasteiger partial charge is 0.494 e. The Morgan fingerprint density at radius 3 is 2.56 bits per heavy atom. The van der Waals surface area contributed by atoms with Gasteiger partial charge < -0.3 is 15.4 Å². The Morgan fingerprint density at radius 1 is 1.25 bits per heavy atom. The lowest BCUT2D eigenvalue weighted by Gasteiger charge is -2.30. The molecule has 1 aromatic carbocycles. The molecule has 0 radical (unpaired) electrons. The van der Waals surface area contributed by atoms with Crippen LogP contribution in [0.3, 0.4) is 0 Å². The third-order valence-corrected chi connectivity index (χ3v) is 3.00. The fraction of sp³-hybridized carbons (Fsp3) is 0.500. The van der Waals surface area contributed by atoms with E-state index in [2.05, 4.69) is 0 Å². The van der Waals surface area contributed by atoms with Gasteiger partial charge in [-0.1, -0.05) is 0 Å². The highest BCUT2D eigenvalue weighted by molar-refractivity contribution is 5.66. The van der Waals surface area contributed by atoms with E-state index in [0.29, 0.717) is 11.4 Å². The van der Waals surface area contributed by atoms with Gasteiger partial charge in [0, 0.05) is 13.1 Å². The zero-order valence-corrected chi connectivity index (χ0v) is 9.50. The monoisotopic (exact) mass is 224 g/mol. The van der Waals surface area contributed by atoms with E-state index in [4.69, 9.17) is 10.5 Å². The van der Waals surface area contributed by atoms with Crippen molar-refractivity contribution in [2.75, 3.05) is 30.8 Å². The number of halogens is 1. The third-order valence-electron chi connectivity index (χ3n) is 3.00. The number of anilines is 2. The van der Waals surface area contributed by atoms with E-state index in [-0.39, 0.29) is 11.5 Å². The Kier molecular flexibility index (Phi) is 3.17. The quantitative estimate of drug-likeness (QED) is 0.784. The summed E-state index contributed by atoms with van der Waals surface area (Å²) in [6.07, 6.45) is 3.40. The Hall–Kier alpha value is -1.45. The second kappa shape index (κ2) is 4.60. The molecule has 0 unspecified atom stereocenters. The lowest BCUT2D eigenvalue weighted by molar-refractivity contribution is 0.409. The third kappa shape index (κ3) is 1.92. The fourth-order valence-corrected chi connectivity index (χ4v) is 2.14. The maximum absolute atomic E-state index is 14.0. The zero-order chi connectivity index (χ0) is 11.5. The highest BCUT2D eigenvalue weighted by atomic mass is 19.1. The van der Waals surface area contributed by atoms with Crippen LogP contribution in [-0.2, 0) is 0 Å². The fourth-order valence-electron chi connectivity index (χ4n) is 2.14. The van der Waals surface area contributed by atoms with Crippen LogP contribution in [0.2, 0.25) is 0 Å². The Bertz CT molecular complexity index is 376. The molecular weight excluding hydrogens is 207 g/mol. The van der Waals surface area contributed by atoms with E-state index >= 15 is 0 Å². The lowest BCUT2D eigenvalue weighted by atomic mass is 10.1. The predicted octanol–water partition coefficient (Wildman–Crippen LogP) is 2.41. The van der Waals surface area contributed by atoms with Crippen LogP contribution in [0.25, 0.3) is 0 Å². The average molecular weight is 224 g/mol. The summed E-state index contributed by atoms with van der Waals surface area (Å²) in [6.45, 7) is 1.74. The molecule has 1 aliphatic heterocycles. The van der Waals surface area contributed by atoms with E-state index in [1.165, 1.54) is 6.42 Å². The molecule has 3 nitrogen and oxygen atoms in total. The maximum Gasteiger partial charge on any atom is 0.173 e. The molecule has 88 valence electrons. The summed E-state index contributed by atoms with van der Waals surface area (Å²) >= 11 is 0. The molecule has 0 aliphatic carbocycles. The zero-order valence-electron chi connectivity index (χ0n) is 9.50. The summed E-state index contributed by atoms with van der Waals surface area (Å²) in [5.74, 6) is 0.204. The SMILES string of the molecule is COc1ccc(N)c(F)c1N1CCCCC1. The molecule has 0 spiro atoms. The molecule has 0 atom stereocenters. The lowest BCUT2D eigenvalue weighted by Crippen LogP contribution is -2.30.